The highest BCUT2D eigenvalue weighted by Gasteiger charge is 2.17. The molecule has 0 saturated heterocycles. The molecule has 0 spiro atoms. The molecule has 3 aromatic rings. The van der Waals surface area contributed by atoms with E-state index in [0.717, 1.165) is 28.0 Å². The quantitative estimate of drug-likeness (QED) is 0.488. The maximum Gasteiger partial charge on any atom is 0.265 e. The van der Waals surface area contributed by atoms with Crippen molar-refractivity contribution in [1.29, 1.82) is 0 Å². The third-order valence-electron chi connectivity index (χ3n) is 3.08. The molecule has 0 bridgehead atoms. The largest absolute Gasteiger partial charge is 0.497 e. The summed E-state index contributed by atoms with van der Waals surface area (Å²) in [6, 6.07) is 7.35. The van der Waals surface area contributed by atoms with E-state index >= 15 is 0 Å². The van der Waals surface area contributed by atoms with E-state index in [0.29, 0.717) is 22.9 Å². The molecule has 0 aliphatic carbocycles. The number of ether oxygens (including phenoxy) is 1. The molecule has 1 aromatic carbocycles. The number of rotatable bonds is 7. The minimum Gasteiger partial charge on any atom is -0.497 e. The lowest BCUT2D eigenvalue weighted by molar-refractivity contribution is 0.0960. The smallest absolute Gasteiger partial charge is 0.265 e. The van der Waals surface area contributed by atoms with E-state index in [4.69, 9.17) is 4.74 Å². The van der Waals surface area contributed by atoms with Crippen LogP contribution in [0.3, 0.4) is 0 Å². The summed E-state index contributed by atoms with van der Waals surface area (Å²) < 4.78 is 9.04. The number of aromatic nitrogens is 5. The Morgan fingerprint density at radius 1 is 1.38 bits per heavy atom. The molecule has 0 unspecified atom stereocenters. The number of thioether (sulfide) groups is 1. The first-order chi connectivity index (χ1) is 11.8. The zero-order valence-electron chi connectivity index (χ0n) is 12.7. The van der Waals surface area contributed by atoms with Gasteiger partial charge in [0.2, 0.25) is 0 Å². The van der Waals surface area contributed by atoms with Gasteiger partial charge in [-0.1, -0.05) is 16.3 Å². The van der Waals surface area contributed by atoms with Gasteiger partial charge in [-0.15, -0.1) is 5.10 Å². The molecule has 124 valence electrons. The summed E-state index contributed by atoms with van der Waals surface area (Å²) in [5.74, 6) is 1.25. The maximum absolute atomic E-state index is 12.3. The van der Waals surface area contributed by atoms with Crippen molar-refractivity contribution in [2.45, 2.75) is 5.16 Å². The Hall–Kier alpha value is -2.46. The van der Waals surface area contributed by atoms with Crippen LogP contribution in [-0.4, -0.2) is 50.1 Å². The number of aromatic amines is 1. The molecule has 3 rings (SSSR count). The molecule has 0 radical (unpaired) electrons. The first-order valence-electron chi connectivity index (χ1n) is 7.01. The number of nitrogens with one attached hydrogen (secondary N) is 2. The fraction of sp³-hybridized carbons (Fsp3) is 0.214. The molecule has 2 aromatic heterocycles. The van der Waals surface area contributed by atoms with Gasteiger partial charge in [-0.05, 0) is 35.8 Å². The summed E-state index contributed by atoms with van der Waals surface area (Å²) in [6.45, 7) is 0.504. The van der Waals surface area contributed by atoms with Gasteiger partial charge in [-0.2, -0.15) is 5.10 Å². The van der Waals surface area contributed by atoms with E-state index < -0.39 is 0 Å². The molecule has 8 nitrogen and oxygen atoms in total. The van der Waals surface area contributed by atoms with Gasteiger partial charge in [0.25, 0.3) is 5.91 Å². The number of benzene rings is 1. The SMILES string of the molecule is COc1ccc(-c2nnsc2C(=O)NCCSc2ncn[nH]2)cc1. The van der Waals surface area contributed by atoms with E-state index in [9.17, 15) is 4.79 Å². The molecule has 0 fully saturated rings. The molecular weight excluding hydrogens is 348 g/mol. The molecule has 0 saturated carbocycles. The zero-order chi connectivity index (χ0) is 16.8. The summed E-state index contributed by atoms with van der Waals surface area (Å²) >= 11 is 2.56. The number of carbonyl (C=O) groups is 1. The van der Waals surface area contributed by atoms with Crippen molar-refractivity contribution in [3.63, 3.8) is 0 Å². The van der Waals surface area contributed by atoms with E-state index in [1.54, 1.807) is 7.11 Å². The van der Waals surface area contributed by atoms with Crippen LogP contribution < -0.4 is 10.1 Å². The van der Waals surface area contributed by atoms with Crippen LogP contribution in [0, 0.1) is 0 Å². The van der Waals surface area contributed by atoms with Crippen molar-refractivity contribution < 1.29 is 9.53 Å². The molecule has 0 aliphatic heterocycles. The minimum absolute atomic E-state index is 0.186. The van der Waals surface area contributed by atoms with Crippen molar-refractivity contribution in [3.05, 3.63) is 35.5 Å². The predicted octanol–water partition coefficient (Wildman–Crippen LogP) is 1.85. The van der Waals surface area contributed by atoms with Crippen LogP contribution in [0.25, 0.3) is 11.3 Å². The average molecular weight is 362 g/mol. The van der Waals surface area contributed by atoms with Crippen LogP contribution in [0.15, 0.2) is 35.7 Å². The summed E-state index contributed by atoms with van der Waals surface area (Å²) in [5.41, 5.74) is 1.40. The number of amides is 1. The van der Waals surface area contributed by atoms with Crippen LogP contribution >= 0.6 is 23.3 Å². The fourth-order valence-electron chi connectivity index (χ4n) is 1.93. The van der Waals surface area contributed by atoms with Crippen LogP contribution in [0.5, 0.6) is 5.75 Å². The van der Waals surface area contributed by atoms with Crippen LogP contribution in [0.4, 0.5) is 0 Å². The van der Waals surface area contributed by atoms with E-state index in [-0.39, 0.29) is 5.91 Å². The number of H-pyrrole nitrogens is 1. The topological polar surface area (TPSA) is 106 Å². The van der Waals surface area contributed by atoms with Gasteiger partial charge in [0.15, 0.2) is 5.16 Å². The van der Waals surface area contributed by atoms with Gasteiger partial charge < -0.3 is 10.1 Å². The summed E-state index contributed by atoms with van der Waals surface area (Å²) in [6.07, 6.45) is 1.45. The second-order valence-corrected chi connectivity index (χ2v) is 6.41. The Balaban J connectivity index is 1.60. The van der Waals surface area contributed by atoms with Crippen molar-refractivity contribution in [1.82, 2.24) is 30.1 Å². The Morgan fingerprint density at radius 3 is 2.92 bits per heavy atom. The number of methoxy groups -OCH3 is 1. The minimum atomic E-state index is -0.186. The molecule has 10 heteroatoms. The molecule has 0 atom stereocenters. The first-order valence-corrected chi connectivity index (χ1v) is 8.77. The second-order valence-electron chi connectivity index (χ2n) is 4.57. The monoisotopic (exact) mass is 362 g/mol. The van der Waals surface area contributed by atoms with Gasteiger partial charge in [0.05, 0.1) is 7.11 Å². The highest BCUT2D eigenvalue weighted by molar-refractivity contribution is 7.99. The fourth-order valence-corrected chi connectivity index (χ4v) is 3.17. The third kappa shape index (κ3) is 3.89. The van der Waals surface area contributed by atoms with Gasteiger partial charge in [-0.25, -0.2) is 4.98 Å². The molecule has 0 aliphatic rings. The number of carbonyl (C=O) groups excluding carboxylic acids is 1. The predicted molar refractivity (Wildman–Crippen MR) is 91.3 cm³/mol. The van der Waals surface area contributed by atoms with E-state index in [1.165, 1.54) is 18.1 Å². The Bertz CT molecular complexity index is 788. The Morgan fingerprint density at radius 2 is 2.21 bits per heavy atom. The van der Waals surface area contributed by atoms with E-state index in [2.05, 4.69) is 30.1 Å². The van der Waals surface area contributed by atoms with Crippen molar-refractivity contribution >= 4 is 29.2 Å². The highest BCUT2D eigenvalue weighted by Crippen LogP contribution is 2.25. The number of hydrogen-bond donors (Lipinski definition) is 2. The van der Waals surface area contributed by atoms with Gasteiger partial charge in [0, 0.05) is 17.9 Å². The van der Waals surface area contributed by atoms with Crippen LogP contribution in [0.1, 0.15) is 9.67 Å². The Kier molecular flexibility index (Phi) is 5.39. The van der Waals surface area contributed by atoms with Crippen molar-refractivity contribution in [3.8, 4) is 17.0 Å². The average Bonchev–Trinajstić information content (AvgIpc) is 3.30. The van der Waals surface area contributed by atoms with Crippen molar-refractivity contribution in [2.75, 3.05) is 19.4 Å². The lowest BCUT2D eigenvalue weighted by Gasteiger charge is -2.05. The van der Waals surface area contributed by atoms with Crippen LogP contribution in [0.2, 0.25) is 0 Å². The zero-order valence-corrected chi connectivity index (χ0v) is 14.4. The summed E-state index contributed by atoms with van der Waals surface area (Å²) in [5, 5.41) is 14.2. The van der Waals surface area contributed by atoms with Gasteiger partial charge >= 0.3 is 0 Å². The van der Waals surface area contributed by atoms with Gasteiger partial charge in [-0.3, -0.25) is 9.89 Å². The molecule has 24 heavy (non-hydrogen) atoms. The number of nitrogens with zero attached hydrogens (tertiary/aromatic N) is 4. The maximum atomic E-state index is 12.3. The highest BCUT2D eigenvalue weighted by atomic mass is 32.2. The molecular formula is C14H14N6O2S2. The summed E-state index contributed by atoms with van der Waals surface area (Å²) in [4.78, 5) is 16.8. The number of hydrogen-bond acceptors (Lipinski definition) is 8. The van der Waals surface area contributed by atoms with Gasteiger partial charge in [0.1, 0.15) is 22.6 Å². The molecule has 1 amide bonds. The van der Waals surface area contributed by atoms with Crippen molar-refractivity contribution in [2.24, 2.45) is 0 Å². The lowest BCUT2D eigenvalue weighted by Crippen LogP contribution is -2.25. The molecule has 2 N–H and O–H groups in total. The standard InChI is InChI=1S/C14H14N6O2S2/c1-22-10-4-2-9(3-5-10)11-12(24-20-18-11)13(21)15-6-7-23-14-16-8-17-19-14/h2-5,8H,6-7H2,1H3,(H,15,21)(H,16,17,19). The third-order valence-corrected chi connectivity index (χ3v) is 4.68. The Labute approximate surface area is 146 Å². The second kappa shape index (κ2) is 7.88. The normalized spacial score (nSPS) is 10.5. The lowest BCUT2D eigenvalue weighted by atomic mass is 10.1. The van der Waals surface area contributed by atoms with Crippen LogP contribution in [-0.2, 0) is 0 Å². The first kappa shape index (κ1) is 16.4. The molecule has 2 heterocycles. The summed E-state index contributed by atoms with van der Waals surface area (Å²) in [7, 11) is 1.61. The van der Waals surface area contributed by atoms with E-state index in [1.807, 2.05) is 24.3 Å².